The molecule has 2 nitrogen and oxygen atoms in total. The zero-order valence-corrected chi connectivity index (χ0v) is 9.30. The molecule has 1 aromatic rings. The fraction of sp³-hybridized carbons (Fsp3) is 0.300. The van der Waals surface area contributed by atoms with Crippen LogP contribution in [-0.4, -0.2) is 25.3 Å². The Kier molecular flexibility index (Phi) is 2.50. The van der Waals surface area contributed by atoms with E-state index < -0.39 is 5.92 Å². The summed E-state index contributed by atoms with van der Waals surface area (Å²) in [7, 11) is 0. The number of nitrogens with zero attached hydrogens (tertiary/aromatic N) is 1. The first kappa shape index (κ1) is 10.5. The molecule has 1 saturated heterocycles. The Morgan fingerprint density at radius 1 is 1.40 bits per heavy atom. The van der Waals surface area contributed by atoms with Gasteiger partial charge in [0.1, 0.15) is 0 Å². The van der Waals surface area contributed by atoms with Gasteiger partial charge in [0, 0.05) is 10.2 Å². The number of anilines is 1. The van der Waals surface area contributed by atoms with Crippen LogP contribution in [0.1, 0.15) is 10.4 Å². The monoisotopic (exact) mass is 275 g/mol. The van der Waals surface area contributed by atoms with E-state index in [0.29, 0.717) is 22.0 Å². The third-order valence-corrected chi connectivity index (χ3v) is 3.02. The third kappa shape index (κ3) is 1.88. The molecule has 0 unspecified atom stereocenters. The molecule has 0 bridgehead atoms. The average molecular weight is 276 g/mol. The summed E-state index contributed by atoms with van der Waals surface area (Å²) in [5, 5.41) is 0. The lowest BCUT2D eigenvalue weighted by Crippen LogP contribution is -2.56. The number of hydrogen-bond donors (Lipinski definition) is 0. The van der Waals surface area contributed by atoms with Crippen molar-refractivity contribution in [3.63, 3.8) is 0 Å². The molecule has 1 fully saturated rings. The van der Waals surface area contributed by atoms with Gasteiger partial charge >= 0.3 is 0 Å². The summed E-state index contributed by atoms with van der Waals surface area (Å²) in [6.07, 6.45) is 0.676. The minimum Gasteiger partial charge on any atom is -0.359 e. The van der Waals surface area contributed by atoms with Gasteiger partial charge in [-0.2, -0.15) is 0 Å². The molecule has 0 saturated carbocycles. The highest BCUT2D eigenvalue weighted by molar-refractivity contribution is 9.10. The largest absolute Gasteiger partial charge is 0.359 e. The highest BCUT2D eigenvalue weighted by Gasteiger charge is 2.44. The van der Waals surface area contributed by atoms with E-state index >= 15 is 0 Å². The third-order valence-electron chi connectivity index (χ3n) is 2.33. The van der Waals surface area contributed by atoms with E-state index in [0.717, 1.165) is 0 Å². The summed E-state index contributed by atoms with van der Waals surface area (Å²) in [5.41, 5.74) is 0.985. The van der Waals surface area contributed by atoms with Crippen molar-refractivity contribution in [3.8, 4) is 0 Å². The number of aldehydes is 1. The second kappa shape index (κ2) is 3.56. The number of hydrogen-bond acceptors (Lipinski definition) is 2. The van der Waals surface area contributed by atoms with Gasteiger partial charge in [-0.3, -0.25) is 4.79 Å². The van der Waals surface area contributed by atoms with Crippen molar-refractivity contribution in [3.05, 3.63) is 28.2 Å². The standard InChI is InChI=1S/C10H8BrF2NO/c11-8-2-1-3-9(7(8)4-15)14-5-10(12,13)6-14/h1-4H,5-6H2. The number of rotatable bonds is 2. The lowest BCUT2D eigenvalue weighted by Gasteiger charge is -2.41. The Morgan fingerprint density at radius 3 is 2.60 bits per heavy atom. The smallest absolute Gasteiger partial charge is 0.282 e. The van der Waals surface area contributed by atoms with Crippen molar-refractivity contribution in [2.75, 3.05) is 18.0 Å². The van der Waals surface area contributed by atoms with Crippen LogP contribution >= 0.6 is 15.9 Å². The van der Waals surface area contributed by atoms with Gasteiger partial charge in [-0.05, 0) is 28.1 Å². The van der Waals surface area contributed by atoms with Crippen LogP contribution < -0.4 is 4.90 Å². The van der Waals surface area contributed by atoms with Crippen LogP contribution in [0.15, 0.2) is 22.7 Å². The summed E-state index contributed by atoms with van der Waals surface area (Å²) < 4.78 is 26.0. The molecule has 80 valence electrons. The number of carbonyl (C=O) groups is 1. The van der Waals surface area contributed by atoms with Gasteiger partial charge in [0.25, 0.3) is 5.92 Å². The van der Waals surface area contributed by atoms with Gasteiger partial charge in [0.15, 0.2) is 6.29 Å². The Morgan fingerprint density at radius 2 is 2.07 bits per heavy atom. The summed E-state index contributed by atoms with van der Waals surface area (Å²) >= 11 is 3.21. The molecular formula is C10H8BrF2NO. The SMILES string of the molecule is O=Cc1c(Br)cccc1N1CC(F)(F)C1. The average Bonchev–Trinajstić information content (AvgIpc) is 2.13. The van der Waals surface area contributed by atoms with E-state index in [9.17, 15) is 13.6 Å². The molecule has 2 rings (SSSR count). The predicted octanol–water partition coefficient (Wildman–Crippen LogP) is 2.72. The molecule has 1 aliphatic rings. The van der Waals surface area contributed by atoms with Crippen molar-refractivity contribution in [1.82, 2.24) is 0 Å². The van der Waals surface area contributed by atoms with Crippen LogP contribution in [0.4, 0.5) is 14.5 Å². The van der Waals surface area contributed by atoms with Gasteiger partial charge in [-0.25, -0.2) is 8.78 Å². The van der Waals surface area contributed by atoms with Crippen molar-refractivity contribution < 1.29 is 13.6 Å². The molecular weight excluding hydrogens is 268 g/mol. The first-order chi connectivity index (χ1) is 7.03. The van der Waals surface area contributed by atoms with E-state index in [1.807, 2.05) is 0 Å². The molecule has 0 atom stereocenters. The maximum Gasteiger partial charge on any atom is 0.282 e. The molecule has 0 radical (unpaired) electrons. The fourth-order valence-corrected chi connectivity index (χ4v) is 2.05. The highest BCUT2D eigenvalue weighted by Crippen LogP contribution is 2.35. The van der Waals surface area contributed by atoms with E-state index in [1.165, 1.54) is 4.90 Å². The molecule has 1 aliphatic heterocycles. The number of carbonyl (C=O) groups excluding carboxylic acids is 1. The van der Waals surface area contributed by atoms with Gasteiger partial charge < -0.3 is 4.90 Å². The summed E-state index contributed by atoms with van der Waals surface area (Å²) in [6, 6.07) is 5.11. The second-order valence-corrected chi connectivity index (χ2v) is 4.36. The van der Waals surface area contributed by atoms with E-state index in [1.54, 1.807) is 18.2 Å². The molecule has 0 spiro atoms. The number of benzene rings is 1. The lowest BCUT2D eigenvalue weighted by atomic mass is 10.1. The fourth-order valence-electron chi connectivity index (χ4n) is 1.60. The molecule has 5 heteroatoms. The summed E-state index contributed by atoms with van der Waals surface area (Å²) in [5.74, 6) is -2.62. The molecule has 0 N–H and O–H groups in total. The quantitative estimate of drug-likeness (QED) is 0.774. The molecule has 0 amide bonds. The van der Waals surface area contributed by atoms with E-state index in [-0.39, 0.29) is 13.1 Å². The first-order valence-electron chi connectivity index (χ1n) is 4.40. The number of alkyl halides is 2. The first-order valence-corrected chi connectivity index (χ1v) is 5.19. The Bertz CT molecular complexity index is 400. The predicted molar refractivity (Wildman–Crippen MR) is 56.7 cm³/mol. The molecule has 0 aromatic heterocycles. The van der Waals surface area contributed by atoms with Gasteiger partial charge in [-0.15, -0.1) is 0 Å². The molecule has 15 heavy (non-hydrogen) atoms. The van der Waals surface area contributed by atoms with Crippen LogP contribution in [0.5, 0.6) is 0 Å². The Hall–Kier alpha value is -0.970. The lowest BCUT2D eigenvalue weighted by molar-refractivity contribution is -0.0263. The van der Waals surface area contributed by atoms with E-state index in [4.69, 9.17) is 0 Å². The Labute approximate surface area is 94.0 Å². The Balaban J connectivity index is 2.30. The second-order valence-electron chi connectivity index (χ2n) is 3.50. The zero-order valence-electron chi connectivity index (χ0n) is 7.71. The van der Waals surface area contributed by atoms with Gasteiger partial charge in [0.2, 0.25) is 0 Å². The van der Waals surface area contributed by atoms with Crippen molar-refractivity contribution in [2.24, 2.45) is 0 Å². The van der Waals surface area contributed by atoms with Crippen LogP contribution in [-0.2, 0) is 0 Å². The molecule has 1 heterocycles. The van der Waals surface area contributed by atoms with Gasteiger partial charge in [0.05, 0.1) is 18.7 Å². The normalized spacial score (nSPS) is 18.5. The molecule has 1 aromatic carbocycles. The van der Waals surface area contributed by atoms with Crippen LogP contribution in [0.3, 0.4) is 0 Å². The minimum atomic E-state index is -2.62. The van der Waals surface area contributed by atoms with Crippen LogP contribution in [0.2, 0.25) is 0 Å². The molecule has 0 aliphatic carbocycles. The van der Waals surface area contributed by atoms with Crippen molar-refractivity contribution in [1.29, 1.82) is 0 Å². The maximum absolute atomic E-state index is 12.7. The zero-order chi connectivity index (χ0) is 11.1. The summed E-state index contributed by atoms with van der Waals surface area (Å²) in [4.78, 5) is 12.3. The van der Waals surface area contributed by atoms with Crippen LogP contribution in [0, 0.1) is 0 Å². The van der Waals surface area contributed by atoms with Crippen LogP contribution in [0.25, 0.3) is 0 Å². The van der Waals surface area contributed by atoms with E-state index in [2.05, 4.69) is 15.9 Å². The highest BCUT2D eigenvalue weighted by atomic mass is 79.9. The van der Waals surface area contributed by atoms with Crippen molar-refractivity contribution in [2.45, 2.75) is 5.92 Å². The minimum absolute atomic E-state index is 0.315. The van der Waals surface area contributed by atoms with Gasteiger partial charge in [-0.1, -0.05) is 6.07 Å². The summed E-state index contributed by atoms with van der Waals surface area (Å²) in [6.45, 7) is -0.630. The van der Waals surface area contributed by atoms with Crippen molar-refractivity contribution >= 4 is 27.9 Å². The number of halogens is 3. The maximum atomic E-state index is 12.7. The topological polar surface area (TPSA) is 20.3 Å².